The first-order chi connectivity index (χ1) is 10.2. The van der Waals surface area contributed by atoms with Gasteiger partial charge in [-0.25, -0.2) is 0 Å². The minimum atomic E-state index is 0.823. The first-order valence-electron chi connectivity index (χ1n) is 6.96. The second-order valence-electron chi connectivity index (χ2n) is 5.18. The zero-order valence-corrected chi connectivity index (χ0v) is 12.2. The zero-order valence-electron chi connectivity index (χ0n) is 12.2. The van der Waals surface area contributed by atoms with E-state index in [1.807, 2.05) is 11.6 Å². The van der Waals surface area contributed by atoms with Crippen LogP contribution < -0.4 is 5.32 Å². The van der Waals surface area contributed by atoms with Crippen molar-refractivity contribution >= 4 is 5.69 Å². The third-order valence-corrected chi connectivity index (χ3v) is 3.47. The molecule has 0 spiro atoms. The molecule has 0 aliphatic carbocycles. The van der Waals surface area contributed by atoms with Crippen LogP contribution in [-0.4, -0.2) is 14.8 Å². The van der Waals surface area contributed by atoms with Crippen molar-refractivity contribution in [2.75, 3.05) is 5.32 Å². The van der Waals surface area contributed by atoms with Crippen molar-refractivity contribution in [1.29, 1.82) is 0 Å². The third kappa shape index (κ3) is 3.11. The van der Waals surface area contributed by atoms with Crippen molar-refractivity contribution in [3.8, 4) is 11.4 Å². The van der Waals surface area contributed by atoms with Gasteiger partial charge in [-0.1, -0.05) is 29.8 Å². The van der Waals surface area contributed by atoms with Gasteiger partial charge >= 0.3 is 0 Å². The van der Waals surface area contributed by atoms with Gasteiger partial charge in [0.05, 0.1) is 0 Å². The number of anilines is 1. The largest absolute Gasteiger partial charge is 0.381 e. The minimum Gasteiger partial charge on any atom is -0.381 e. The highest BCUT2D eigenvalue weighted by atomic mass is 15.2. The molecule has 21 heavy (non-hydrogen) atoms. The number of benzene rings is 2. The summed E-state index contributed by atoms with van der Waals surface area (Å²) in [4.78, 5) is 0. The summed E-state index contributed by atoms with van der Waals surface area (Å²) in [6.45, 7) is 2.92. The second-order valence-corrected chi connectivity index (χ2v) is 5.18. The monoisotopic (exact) mass is 278 g/mol. The summed E-state index contributed by atoms with van der Waals surface area (Å²) in [6, 6.07) is 16.8. The Morgan fingerprint density at radius 1 is 1.00 bits per heavy atom. The molecule has 1 heterocycles. The Labute approximate surface area is 124 Å². The lowest BCUT2D eigenvalue weighted by atomic mass is 10.1. The normalized spacial score (nSPS) is 10.6. The molecule has 0 amide bonds. The summed E-state index contributed by atoms with van der Waals surface area (Å²) in [6.07, 6.45) is 1.71. The zero-order chi connectivity index (χ0) is 14.7. The van der Waals surface area contributed by atoms with E-state index in [0.29, 0.717) is 0 Å². The molecule has 3 aromatic rings. The molecule has 4 heteroatoms. The van der Waals surface area contributed by atoms with Crippen LogP contribution in [0.25, 0.3) is 11.4 Å². The van der Waals surface area contributed by atoms with E-state index in [1.54, 1.807) is 6.33 Å². The van der Waals surface area contributed by atoms with Gasteiger partial charge in [-0.2, -0.15) is 0 Å². The standard InChI is InChI=1S/C17H18N4/c1-13-3-5-14(6-4-13)11-18-16-9-7-15(8-10-16)17-20-19-12-21(17)2/h3-10,12,18H,11H2,1-2H3. The molecule has 0 radical (unpaired) electrons. The molecule has 0 bridgehead atoms. The molecule has 1 N–H and O–H groups in total. The molecule has 0 fully saturated rings. The van der Waals surface area contributed by atoms with Gasteiger partial charge in [0.2, 0.25) is 0 Å². The van der Waals surface area contributed by atoms with Crippen molar-refractivity contribution < 1.29 is 0 Å². The lowest BCUT2D eigenvalue weighted by Gasteiger charge is -2.08. The Bertz CT molecular complexity index is 711. The van der Waals surface area contributed by atoms with Gasteiger partial charge in [0.15, 0.2) is 5.82 Å². The highest BCUT2D eigenvalue weighted by Gasteiger charge is 2.03. The van der Waals surface area contributed by atoms with Crippen LogP contribution in [0, 0.1) is 6.92 Å². The SMILES string of the molecule is Cc1ccc(CNc2ccc(-c3nncn3C)cc2)cc1. The number of aromatic nitrogens is 3. The molecule has 0 saturated carbocycles. The highest BCUT2D eigenvalue weighted by molar-refractivity contribution is 5.59. The van der Waals surface area contributed by atoms with Gasteiger partial charge < -0.3 is 9.88 Å². The molecule has 0 aliphatic rings. The Hall–Kier alpha value is -2.62. The number of hydrogen-bond donors (Lipinski definition) is 1. The maximum atomic E-state index is 4.11. The highest BCUT2D eigenvalue weighted by Crippen LogP contribution is 2.19. The van der Waals surface area contributed by atoms with E-state index in [0.717, 1.165) is 23.6 Å². The van der Waals surface area contributed by atoms with E-state index in [4.69, 9.17) is 0 Å². The number of hydrogen-bond acceptors (Lipinski definition) is 3. The van der Waals surface area contributed by atoms with Crippen LogP contribution in [0.1, 0.15) is 11.1 Å². The van der Waals surface area contributed by atoms with Crippen LogP contribution in [0.5, 0.6) is 0 Å². The fourth-order valence-corrected chi connectivity index (χ4v) is 2.19. The molecule has 1 aromatic heterocycles. The second kappa shape index (κ2) is 5.79. The molecule has 2 aromatic carbocycles. The molecule has 106 valence electrons. The van der Waals surface area contributed by atoms with Crippen LogP contribution in [0.3, 0.4) is 0 Å². The molecule has 3 rings (SSSR count). The molecular formula is C17H18N4. The fraction of sp³-hybridized carbons (Fsp3) is 0.176. The maximum absolute atomic E-state index is 4.11. The van der Waals surface area contributed by atoms with Gasteiger partial charge in [0.25, 0.3) is 0 Å². The number of nitrogens with zero attached hydrogens (tertiary/aromatic N) is 3. The molecule has 0 atom stereocenters. The Morgan fingerprint density at radius 3 is 2.33 bits per heavy atom. The summed E-state index contributed by atoms with van der Waals surface area (Å²) in [5, 5.41) is 11.4. The topological polar surface area (TPSA) is 42.7 Å². The molecule has 0 saturated heterocycles. The van der Waals surface area contributed by atoms with Crippen molar-refractivity contribution in [2.45, 2.75) is 13.5 Å². The van der Waals surface area contributed by atoms with Gasteiger partial charge in [0, 0.05) is 24.8 Å². The minimum absolute atomic E-state index is 0.823. The van der Waals surface area contributed by atoms with Crippen molar-refractivity contribution in [3.63, 3.8) is 0 Å². The van der Waals surface area contributed by atoms with E-state index < -0.39 is 0 Å². The quantitative estimate of drug-likeness (QED) is 0.795. The maximum Gasteiger partial charge on any atom is 0.163 e. The molecular weight excluding hydrogens is 260 g/mol. The van der Waals surface area contributed by atoms with E-state index in [1.165, 1.54) is 11.1 Å². The van der Waals surface area contributed by atoms with Gasteiger partial charge in [-0.05, 0) is 36.8 Å². The van der Waals surface area contributed by atoms with Crippen LogP contribution in [0.4, 0.5) is 5.69 Å². The van der Waals surface area contributed by atoms with Crippen molar-refractivity contribution in [3.05, 3.63) is 66.0 Å². The third-order valence-electron chi connectivity index (χ3n) is 3.47. The average molecular weight is 278 g/mol. The molecule has 4 nitrogen and oxygen atoms in total. The number of aryl methyl sites for hydroxylation is 2. The van der Waals surface area contributed by atoms with Crippen LogP contribution in [0.2, 0.25) is 0 Å². The molecule has 0 aliphatic heterocycles. The fourth-order valence-electron chi connectivity index (χ4n) is 2.19. The van der Waals surface area contributed by atoms with Gasteiger partial charge in [-0.15, -0.1) is 10.2 Å². The Kier molecular flexibility index (Phi) is 3.69. The first kappa shape index (κ1) is 13.4. The Balaban J connectivity index is 1.67. The average Bonchev–Trinajstić information content (AvgIpc) is 2.93. The number of nitrogens with one attached hydrogen (secondary N) is 1. The van der Waals surface area contributed by atoms with Crippen LogP contribution in [-0.2, 0) is 13.6 Å². The summed E-state index contributed by atoms with van der Waals surface area (Å²) < 4.78 is 1.91. The number of rotatable bonds is 4. The lowest BCUT2D eigenvalue weighted by Crippen LogP contribution is -1.99. The van der Waals surface area contributed by atoms with E-state index >= 15 is 0 Å². The lowest BCUT2D eigenvalue weighted by molar-refractivity contribution is 0.920. The predicted molar refractivity (Wildman–Crippen MR) is 84.9 cm³/mol. The van der Waals surface area contributed by atoms with Crippen molar-refractivity contribution in [1.82, 2.24) is 14.8 Å². The van der Waals surface area contributed by atoms with Crippen molar-refractivity contribution in [2.24, 2.45) is 7.05 Å². The Morgan fingerprint density at radius 2 is 1.71 bits per heavy atom. The summed E-state index contributed by atoms with van der Waals surface area (Å²) in [5.41, 5.74) is 4.72. The van der Waals surface area contributed by atoms with E-state index in [-0.39, 0.29) is 0 Å². The van der Waals surface area contributed by atoms with Crippen LogP contribution >= 0.6 is 0 Å². The van der Waals surface area contributed by atoms with Gasteiger partial charge in [-0.3, -0.25) is 0 Å². The van der Waals surface area contributed by atoms with Crippen LogP contribution in [0.15, 0.2) is 54.9 Å². The first-order valence-corrected chi connectivity index (χ1v) is 6.96. The smallest absolute Gasteiger partial charge is 0.163 e. The van der Waals surface area contributed by atoms with E-state index in [9.17, 15) is 0 Å². The predicted octanol–water partition coefficient (Wildman–Crippen LogP) is 3.40. The summed E-state index contributed by atoms with van der Waals surface area (Å²) in [5.74, 6) is 0.875. The van der Waals surface area contributed by atoms with Gasteiger partial charge in [0.1, 0.15) is 6.33 Å². The summed E-state index contributed by atoms with van der Waals surface area (Å²) in [7, 11) is 1.94. The summed E-state index contributed by atoms with van der Waals surface area (Å²) >= 11 is 0. The van der Waals surface area contributed by atoms with E-state index in [2.05, 4.69) is 71.0 Å². The molecule has 0 unspecified atom stereocenters.